The normalized spacial score (nSPS) is 10.5. The summed E-state index contributed by atoms with van der Waals surface area (Å²) < 4.78 is 1.28. The van der Waals surface area contributed by atoms with Gasteiger partial charge in [0.2, 0.25) is 0 Å². The molecule has 1 aromatic heterocycles. The molecule has 0 atom stereocenters. The molecular formula is C9H8ClN5O2. The van der Waals surface area contributed by atoms with Gasteiger partial charge in [0, 0.05) is 17.6 Å². The number of aromatic nitrogens is 3. The summed E-state index contributed by atoms with van der Waals surface area (Å²) in [6.07, 6.45) is 1.53. The summed E-state index contributed by atoms with van der Waals surface area (Å²) >= 11 is 5.80. The molecule has 1 heterocycles. The summed E-state index contributed by atoms with van der Waals surface area (Å²) in [5, 5.41) is 18.8. The number of rotatable bonds is 3. The lowest BCUT2D eigenvalue weighted by Gasteiger charge is -2.02. The topological polar surface area (TPSA) is 99.9 Å². The average Bonchev–Trinajstić information content (AvgIpc) is 2.76. The van der Waals surface area contributed by atoms with E-state index in [9.17, 15) is 10.1 Å². The van der Waals surface area contributed by atoms with Gasteiger partial charge in [-0.1, -0.05) is 16.8 Å². The maximum absolute atomic E-state index is 10.9. The fraction of sp³-hybridized carbons (Fsp3) is 0.111. The summed E-state index contributed by atoms with van der Waals surface area (Å²) in [6, 6.07) is 4.22. The van der Waals surface area contributed by atoms with Crippen molar-refractivity contribution in [2.24, 2.45) is 5.73 Å². The number of hydrogen-bond donors (Lipinski definition) is 1. The maximum atomic E-state index is 10.9. The molecule has 2 aromatic rings. The average molecular weight is 254 g/mol. The Balaban J connectivity index is 2.56. The van der Waals surface area contributed by atoms with Crippen LogP contribution in [0.5, 0.6) is 0 Å². The molecule has 0 radical (unpaired) electrons. The zero-order valence-electron chi connectivity index (χ0n) is 8.58. The smallest absolute Gasteiger partial charge is 0.295 e. The van der Waals surface area contributed by atoms with Crippen LogP contribution in [0.25, 0.3) is 5.69 Å². The van der Waals surface area contributed by atoms with Crippen LogP contribution in [0, 0.1) is 10.1 Å². The van der Waals surface area contributed by atoms with Crippen molar-refractivity contribution in [3.63, 3.8) is 0 Å². The Morgan fingerprint density at radius 1 is 1.53 bits per heavy atom. The molecule has 1 aromatic carbocycles. The molecule has 0 unspecified atom stereocenters. The van der Waals surface area contributed by atoms with Gasteiger partial charge < -0.3 is 5.73 Å². The lowest BCUT2D eigenvalue weighted by molar-refractivity contribution is -0.384. The lowest BCUT2D eigenvalue weighted by Crippen LogP contribution is -2.01. The fourth-order valence-corrected chi connectivity index (χ4v) is 1.51. The monoisotopic (exact) mass is 253 g/mol. The summed E-state index contributed by atoms with van der Waals surface area (Å²) in [4.78, 5) is 10.4. The van der Waals surface area contributed by atoms with E-state index < -0.39 is 4.92 Å². The van der Waals surface area contributed by atoms with Gasteiger partial charge in [0.05, 0.1) is 16.8 Å². The van der Waals surface area contributed by atoms with Gasteiger partial charge in [-0.15, -0.1) is 5.10 Å². The van der Waals surface area contributed by atoms with Crippen molar-refractivity contribution in [3.05, 3.63) is 45.2 Å². The largest absolute Gasteiger partial charge is 0.325 e. The van der Waals surface area contributed by atoms with Crippen molar-refractivity contribution in [2.45, 2.75) is 6.54 Å². The Kier molecular flexibility index (Phi) is 3.03. The lowest BCUT2D eigenvalue weighted by atomic mass is 10.2. The van der Waals surface area contributed by atoms with Gasteiger partial charge in [0.1, 0.15) is 5.69 Å². The molecule has 2 rings (SSSR count). The predicted octanol–water partition coefficient (Wildman–Crippen LogP) is 1.29. The van der Waals surface area contributed by atoms with Gasteiger partial charge in [-0.25, -0.2) is 4.68 Å². The van der Waals surface area contributed by atoms with Crippen LogP contribution in [0.3, 0.4) is 0 Å². The number of nitro groups is 1. The molecule has 0 aliphatic carbocycles. The van der Waals surface area contributed by atoms with Gasteiger partial charge in [-0.05, 0) is 12.1 Å². The second kappa shape index (κ2) is 4.48. The van der Waals surface area contributed by atoms with Gasteiger partial charge in [-0.3, -0.25) is 10.1 Å². The van der Waals surface area contributed by atoms with Crippen molar-refractivity contribution >= 4 is 17.3 Å². The molecule has 0 aliphatic heterocycles. The molecule has 0 amide bonds. The summed E-state index contributed by atoms with van der Waals surface area (Å²) in [5.41, 5.74) is 6.10. The Labute approximate surface area is 101 Å². The van der Waals surface area contributed by atoms with E-state index in [0.717, 1.165) is 0 Å². The molecule has 2 N–H and O–H groups in total. The van der Waals surface area contributed by atoms with Crippen LogP contribution in [-0.2, 0) is 6.54 Å². The van der Waals surface area contributed by atoms with Crippen LogP contribution < -0.4 is 5.73 Å². The van der Waals surface area contributed by atoms with Crippen LogP contribution in [-0.4, -0.2) is 19.9 Å². The van der Waals surface area contributed by atoms with Crippen molar-refractivity contribution < 1.29 is 4.92 Å². The number of benzene rings is 1. The van der Waals surface area contributed by atoms with Gasteiger partial charge in [-0.2, -0.15) is 0 Å². The molecule has 0 saturated heterocycles. The van der Waals surface area contributed by atoms with Crippen LogP contribution >= 0.6 is 11.6 Å². The summed E-state index contributed by atoms with van der Waals surface area (Å²) in [6.45, 7) is 0.217. The Morgan fingerprint density at radius 2 is 2.29 bits per heavy atom. The molecule has 0 fully saturated rings. The second-order valence-electron chi connectivity index (χ2n) is 3.25. The third-order valence-corrected chi connectivity index (χ3v) is 2.37. The third-order valence-electron chi connectivity index (χ3n) is 2.13. The van der Waals surface area contributed by atoms with Crippen LogP contribution in [0.15, 0.2) is 24.4 Å². The van der Waals surface area contributed by atoms with E-state index in [2.05, 4.69) is 10.3 Å². The van der Waals surface area contributed by atoms with Gasteiger partial charge >= 0.3 is 0 Å². The highest BCUT2D eigenvalue weighted by atomic mass is 35.5. The first-order valence-electron chi connectivity index (χ1n) is 4.67. The number of nitrogens with two attached hydrogens (primary N) is 1. The van der Waals surface area contributed by atoms with E-state index in [-0.39, 0.29) is 17.9 Å². The summed E-state index contributed by atoms with van der Waals surface area (Å²) in [5.74, 6) is 0. The highest BCUT2D eigenvalue weighted by molar-refractivity contribution is 6.30. The molecule has 7 nitrogen and oxygen atoms in total. The van der Waals surface area contributed by atoms with Crippen molar-refractivity contribution in [3.8, 4) is 5.69 Å². The SMILES string of the molecule is NCc1cn(-c2cc(Cl)ccc2[N+](=O)[O-])nn1. The van der Waals surface area contributed by atoms with E-state index in [1.165, 1.54) is 29.1 Å². The van der Waals surface area contributed by atoms with E-state index >= 15 is 0 Å². The third kappa shape index (κ3) is 2.24. The molecule has 0 aliphatic rings. The Hall–Kier alpha value is -1.99. The Morgan fingerprint density at radius 3 is 2.88 bits per heavy atom. The van der Waals surface area contributed by atoms with E-state index in [1.54, 1.807) is 0 Å². The van der Waals surface area contributed by atoms with Crippen molar-refractivity contribution in [1.82, 2.24) is 15.0 Å². The number of halogens is 1. The fourth-order valence-electron chi connectivity index (χ4n) is 1.34. The molecular weight excluding hydrogens is 246 g/mol. The first-order chi connectivity index (χ1) is 8.11. The standard InChI is InChI=1S/C9H8ClN5O2/c10-6-1-2-8(15(16)17)9(3-6)14-5-7(4-11)12-13-14/h1-3,5H,4,11H2. The molecule has 88 valence electrons. The predicted molar refractivity (Wildman–Crippen MR) is 60.9 cm³/mol. The van der Waals surface area contributed by atoms with Crippen molar-refractivity contribution in [1.29, 1.82) is 0 Å². The quantitative estimate of drug-likeness (QED) is 0.656. The van der Waals surface area contributed by atoms with E-state index in [4.69, 9.17) is 17.3 Å². The zero-order chi connectivity index (χ0) is 12.4. The summed E-state index contributed by atoms with van der Waals surface area (Å²) in [7, 11) is 0. The molecule has 0 bridgehead atoms. The first-order valence-corrected chi connectivity index (χ1v) is 5.05. The van der Waals surface area contributed by atoms with Crippen LogP contribution in [0.4, 0.5) is 5.69 Å². The number of nitro benzene ring substituents is 1. The molecule has 0 spiro atoms. The first kappa shape index (κ1) is 11.5. The molecule has 0 saturated carbocycles. The minimum absolute atomic E-state index is 0.0946. The van der Waals surface area contributed by atoms with Crippen molar-refractivity contribution in [2.75, 3.05) is 0 Å². The Bertz CT molecular complexity index is 568. The van der Waals surface area contributed by atoms with Gasteiger partial charge in [0.25, 0.3) is 5.69 Å². The minimum Gasteiger partial charge on any atom is -0.325 e. The highest BCUT2D eigenvalue weighted by Crippen LogP contribution is 2.25. The van der Waals surface area contributed by atoms with E-state index in [1.807, 2.05) is 0 Å². The van der Waals surface area contributed by atoms with E-state index in [0.29, 0.717) is 10.7 Å². The molecule has 8 heteroatoms. The highest BCUT2D eigenvalue weighted by Gasteiger charge is 2.16. The van der Waals surface area contributed by atoms with Crippen LogP contribution in [0.1, 0.15) is 5.69 Å². The second-order valence-corrected chi connectivity index (χ2v) is 3.69. The maximum Gasteiger partial charge on any atom is 0.295 e. The molecule has 17 heavy (non-hydrogen) atoms. The zero-order valence-corrected chi connectivity index (χ0v) is 9.33. The number of nitrogens with zero attached hydrogens (tertiary/aromatic N) is 4. The number of hydrogen-bond acceptors (Lipinski definition) is 5. The van der Waals surface area contributed by atoms with Crippen LogP contribution in [0.2, 0.25) is 5.02 Å². The minimum atomic E-state index is -0.505. The van der Waals surface area contributed by atoms with Gasteiger partial charge in [0.15, 0.2) is 0 Å².